The summed E-state index contributed by atoms with van der Waals surface area (Å²) < 4.78 is 0. The summed E-state index contributed by atoms with van der Waals surface area (Å²) >= 11 is 0. The quantitative estimate of drug-likeness (QED) is 0.869. The van der Waals surface area contributed by atoms with Crippen molar-refractivity contribution in [1.29, 1.82) is 0 Å². The molecular formula is C19H25NO. The largest absolute Gasteiger partial charge is 0.305 e. The predicted octanol–water partition coefficient (Wildman–Crippen LogP) is 3.97. The Hall–Kier alpha value is -1.67. The zero-order chi connectivity index (χ0) is 15.4. The van der Waals surface area contributed by atoms with Crippen LogP contribution in [0.15, 0.2) is 42.5 Å². The van der Waals surface area contributed by atoms with Gasteiger partial charge in [-0.3, -0.25) is 4.79 Å². The van der Waals surface area contributed by atoms with Crippen LogP contribution in [-0.2, 0) is 11.2 Å². The first-order valence-electron chi connectivity index (χ1n) is 7.75. The molecule has 0 amide bonds. The normalized spacial score (nSPS) is 13.0. The van der Waals surface area contributed by atoms with Crippen LogP contribution in [0.5, 0.6) is 0 Å². The summed E-state index contributed by atoms with van der Waals surface area (Å²) in [7, 11) is 0. The molecule has 0 aliphatic carbocycles. The van der Waals surface area contributed by atoms with Gasteiger partial charge in [0.05, 0.1) is 6.04 Å². The van der Waals surface area contributed by atoms with Gasteiger partial charge in [-0.25, -0.2) is 0 Å². The van der Waals surface area contributed by atoms with E-state index in [2.05, 4.69) is 55.6 Å². The molecule has 0 radical (unpaired) electrons. The molecule has 0 unspecified atom stereocenters. The lowest BCUT2D eigenvalue weighted by Gasteiger charge is -2.22. The minimum atomic E-state index is -0.105. The van der Waals surface area contributed by atoms with E-state index in [1.165, 1.54) is 16.3 Å². The zero-order valence-electron chi connectivity index (χ0n) is 13.4. The van der Waals surface area contributed by atoms with E-state index in [0.29, 0.717) is 6.04 Å². The maximum absolute atomic E-state index is 12.4. The fraction of sp³-hybridized carbons (Fsp3) is 0.421. The van der Waals surface area contributed by atoms with Gasteiger partial charge < -0.3 is 5.32 Å². The molecule has 21 heavy (non-hydrogen) atoms. The number of rotatable bonds is 6. The first kappa shape index (κ1) is 15.7. The molecule has 0 saturated heterocycles. The monoisotopic (exact) mass is 283 g/mol. The molecule has 2 heteroatoms. The van der Waals surface area contributed by atoms with Crippen LogP contribution in [0.4, 0.5) is 0 Å². The number of Topliss-reactive ketones (excluding diaryl/α,β-unsaturated/α-hetero) is 1. The van der Waals surface area contributed by atoms with Gasteiger partial charge >= 0.3 is 0 Å². The lowest BCUT2D eigenvalue weighted by molar-refractivity contribution is -0.124. The molecule has 2 aromatic rings. The van der Waals surface area contributed by atoms with E-state index in [0.717, 1.165) is 6.42 Å². The Morgan fingerprint density at radius 3 is 2.29 bits per heavy atom. The van der Waals surface area contributed by atoms with E-state index in [4.69, 9.17) is 0 Å². The number of carbonyl (C=O) groups excluding carboxylic acids is 1. The van der Waals surface area contributed by atoms with Crippen molar-refractivity contribution < 1.29 is 4.79 Å². The summed E-state index contributed by atoms with van der Waals surface area (Å²) in [4.78, 5) is 12.4. The molecular weight excluding hydrogens is 258 g/mol. The predicted molar refractivity (Wildman–Crippen MR) is 89.6 cm³/mol. The topological polar surface area (TPSA) is 29.1 Å². The van der Waals surface area contributed by atoms with Crippen LogP contribution in [0.25, 0.3) is 10.8 Å². The molecule has 1 N–H and O–H groups in total. The molecule has 0 saturated carbocycles. The van der Waals surface area contributed by atoms with E-state index in [-0.39, 0.29) is 17.7 Å². The van der Waals surface area contributed by atoms with Crippen molar-refractivity contribution in [3.05, 3.63) is 48.0 Å². The van der Waals surface area contributed by atoms with Gasteiger partial charge in [-0.2, -0.15) is 0 Å². The van der Waals surface area contributed by atoms with Crippen LogP contribution < -0.4 is 5.32 Å². The van der Waals surface area contributed by atoms with Crippen molar-refractivity contribution in [3.8, 4) is 0 Å². The molecule has 0 spiro atoms. The van der Waals surface area contributed by atoms with Crippen LogP contribution in [0, 0.1) is 5.92 Å². The van der Waals surface area contributed by atoms with Gasteiger partial charge in [-0.05, 0) is 22.8 Å². The van der Waals surface area contributed by atoms with Gasteiger partial charge in [0.25, 0.3) is 0 Å². The Bertz CT molecular complexity index is 616. The number of nitrogens with one attached hydrogen (secondary N) is 1. The van der Waals surface area contributed by atoms with Crippen LogP contribution in [0.3, 0.4) is 0 Å². The first-order chi connectivity index (χ1) is 9.97. The first-order valence-corrected chi connectivity index (χ1v) is 7.75. The summed E-state index contributed by atoms with van der Waals surface area (Å²) in [5, 5.41) is 5.88. The molecule has 0 aliphatic heterocycles. The molecule has 2 nitrogen and oxygen atoms in total. The smallest absolute Gasteiger partial charge is 0.152 e. The lowest BCUT2D eigenvalue weighted by Crippen LogP contribution is -2.44. The summed E-state index contributed by atoms with van der Waals surface area (Å²) in [5.41, 5.74) is 1.21. The summed E-state index contributed by atoms with van der Waals surface area (Å²) in [6.07, 6.45) is 0.750. The number of hydrogen-bond donors (Lipinski definition) is 1. The fourth-order valence-electron chi connectivity index (χ4n) is 2.65. The molecule has 0 bridgehead atoms. The Morgan fingerprint density at radius 2 is 1.67 bits per heavy atom. The lowest BCUT2D eigenvalue weighted by atomic mass is 9.94. The number of benzene rings is 2. The van der Waals surface area contributed by atoms with Crippen LogP contribution in [0.1, 0.15) is 33.3 Å². The molecule has 112 valence electrons. The van der Waals surface area contributed by atoms with Gasteiger partial charge in [0.1, 0.15) is 0 Å². The zero-order valence-corrected chi connectivity index (χ0v) is 13.4. The Morgan fingerprint density at radius 1 is 1.00 bits per heavy atom. The van der Waals surface area contributed by atoms with E-state index >= 15 is 0 Å². The van der Waals surface area contributed by atoms with Gasteiger partial charge in [-0.1, -0.05) is 70.2 Å². The van der Waals surface area contributed by atoms with Gasteiger partial charge in [0.2, 0.25) is 0 Å². The summed E-state index contributed by atoms with van der Waals surface area (Å²) in [5.74, 6) is 0.346. The standard InChI is InChI=1S/C19H25NO/c1-13(2)19(21)18(20-14(3)4)12-15-9-10-16-7-5-6-8-17(16)11-15/h5-11,13-14,18,20H,12H2,1-4H3/t18-/m1/s1. The van der Waals surface area contributed by atoms with E-state index in [1.807, 2.05) is 19.9 Å². The van der Waals surface area contributed by atoms with Gasteiger partial charge in [0, 0.05) is 12.0 Å². The average Bonchev–Trinajstić information content (AvgIpc) is 2.45. The van der Waals surface area contributed by atoms with E-state index in [1.54, 1.807) is 0 Å². The van der Waals surface area contributed by atoms with Crippen molar-refractivity contribution >= 4 is 16.6 Å². The molecule has 0 fully saturated rings. The third kappa shape index (κ3) is 4.15. The third-order valence-electron chi connectivity index (χ3n) is 3.70. The summed E-state index contributed by atoms with van der Waals surface area (Å²) in [6.45, 7) is 8.11. The maximum atomic E-state index is 12.4. The second-order valence-electron chi connectivity index (χ2n) is 6.32. The fourth-order valence-corrected chi connectivity index (χ4v) is 2.65. The third-order valence-corrected chi connectivity index (χ3v) is 3.70. The number of fused-ring (bicyclic) bond motifs is 1. The van der Waals surface area contributed by atoms with Gasteiger partial charge in [-0.15, -0.1) is 0 Å². The highest BCUT2D eigenvalue weighted by atomic mass is 16.1. The number of hydrogen-bond acceptors (Lipinski definition) is 2. The van der Waals surface area contributed by atoms with Crippen molar-refractivity contribution in [3.63, 3.8) is 0 Å². The van der Waals surface area contributed by atoms with Crippen LogP contribution in [0.2, 0.25) is 0 Å². The van der Waals surface area contributed by atoms with Crippen LogP contribution in [-0.4, -0.2) is 17.9 Å². The maximum Gasteiger partial charge on any atom is 0.152 e. The van der Waals surface area contributed by atoms with Crippen molar-refractivity contribution in [1.82, 2.24) is 5.32 Å². The Kier molecular flexibility index (Phi) is 5.13. The molecule has 0 aromatic heterocycles. The van der Waals surface area contributed by atoms with Crippen molar-refractivity contribution in [2.24, 2.45) is 5.92 Å². The highest BCUT2D eigenvalue weighted by molar-refractivity contribution is 5.87. The number of ketones is 1. The van der Waals surface area contributed by atoms with Crippen molar-refractivity contribution in [2.45, 2.75) is 46.2 Å². The highest BCUT2D eigenvalue weighted by Crippen LogP contribution is 2.17. The second kappa shape index (κ2) is 6.86. The Balaban J connectivity index is 2.23. The molecule has 2 aromatic carbocycles. The highest BCUT2D eigenvalue weighted by Gasteiger charge is 2.22. The number of carbonyl (C=O) groups is 1. The molecule has 1 atom stereocenters. The minimum absolute atomic E-state index is 0.0571. The average molecular weight is 283 g/mol. The SMILES string of the molecule is CC(C)N[C@H](Cc1ccc2ccccc2c1)C(=O)C(C)C. The van der Waals surface area contributed by atoms with E-state index < -0.39 is 0 Å². The molecule has 2 rings (SSSR count). The summed E-state index contributed by atoms with van der Waals surface area (Å²) in [6, 6.07) is 15.0. The van der Waals surface area contributed by atoms with Gasteiger partial charge in [0.15, 0.2) is 5.78 Å². The second-order valence-corrected chi connectivity index (χ2v) is 6.32. The molecule has 0 aliphatic rings. The minimum Gasteiger partial charge on any atom is -0.305 e. The van der Waals surface area contributed by atoms with Crippen molar-refractivity contribution in [2.75, 3.05) is 0 Å². The van der Waals surface area contributed by atoms with Crippen LogP contribution >= 0.6 is 0 Å². The molecule has 0 heterocycles. The van der Waals surface area contributed by atoms with E-state index in [9.17, 15) is 4.79 Å². The Labute approximate surface area is 127 Å².